The number of benzene rings is 1. The highest BCUT2D eigenvalue weighted by Gasteiger charge is 2.21. The summed E-state index contributed by atoms with van der Waals surface area (Å²) in [5.41, 5.74) is 2.82. The Hall–Kier alpha value is -1.34. The van der Waals surface area contributed by atoms with Gasteiger partial charge in [0.25, 0.3) is 0 Å². The first-order valence-corrected chi connectivity index (χ1v) is 9.72. The molecular formula is C23H34O. The van der Waals surface area contributed by atoms with Crippen LogP contribution in [0.4, 0.5) is 0 Å². The Morgan fingerprint density at radius 3 is 2.25 bits per heavy atom. The zero-order valence-electron chi connectivity index (χ0n) is 15.5. The maximum atomic E-state index is 5.71. The summed E-state index contributed by atoms with van der Waals surface area (Å²) in [5, 5.41) is 0. The molecule has 1 nitrogen and oxygen atoms in total. The maximum Gasteiger partial charge on any atom is 0.0717 e. The highest BCUT2D eigenvalue weighted by atomic mass is 16.5. The molecule has 0 saturated heterocycles. The average molecular weight is 327 g/mol. The number of allylic oxidation sites excluding steroid dienone is 3. The van der Waals surface area contributed by atoms with Crippen LogP contribution >= 0.6 is 0 Å². The van der Waals surface area contributed by atoms with Crippen molar-refractivity contribution in [2.75, 3.05) is 6.61 Å². The highest BCUT2D eigenvalue weighted by molar-refractivity contribution is 5.25. The molecule has 132 valence electrons. The van der Waals surface area contributed by atoms with Gasteiger partial charge in [-0.15, -0.1) is 0 Å². The van der Waals surface area contributed by atoms with Gasteiger partial charge in [0.05, 0.1) is 13.2 Å². The van der Waals surface area contributed by atoms with Gasteiger partial charge in [-0.25, -0.2) is 0 Å². The van der Waals surface area contributed by atoms with Crippen molar-refractivity contribution in [2.24, 2.45) is 5.92 Å². The zero-order valence-corrected chi connectivity index (χ0v) is 15.5. The smallest absolute Gasteiger partial charge is 0.0717 e. The van der Waals surface area contributed by atoms with E-state index in [1.165, 1.54) is 49.7 Å². The quantitative estimate of drug-likeness (QED) is 0.358. The largest absolute Gasteiger partial charge is 0.376 e. The third-order valence-electron chi connectivity index (χ3n) is 5.21. The van der Waals surface area contributed by atoms with E-state index in [4.69, 9.17) is 4.74 Å². The van der Waals surface area contributed by atoms with E-state index >= 15 is 0 Å². The predicted octanol–water partition coefficient (Wildman–Crippen LogP) is 6.80. The summed E-state index contributed by atoms with van der Waals surface area (Å²) >= 11 is 0. The summed E-state index contributed by atoms with van der Waals surface area (Å²) in [4.78, 5) is 0. The zero-order chi connectivity index (χ0) is 17.0. The molecule has 1 heteroatoms. The van der Waals surface area contributed by atoms with Gasteiger partial charge in [-0.2, -0.15) is 0 Å². The van der Waals surface area contributed by atoms with Crippen LogP contribution in [0.15, 0.2) is 48.6 Å². The van der Waals surface area contributed by atoms with E-state index in [2.05, 4.69) is 62.4 Å². The van der Waals surface area contributed by atoms with E-state index in [9.17, 15) is 0 Å². The second-order valence-corrected chi connectivity index (χ2v) is 7.02. The summed E-state index contributed by atoms with van der Waals surface area (Å²) in [6, 6.07) is 9.16. The first-order valence-electron chi connectivity index (χ1n) is 9.72. The number of ether oxygens (including phenoxy) is 1. The SMILES string of the molecule is C/C=C/CCOCc1ccc(C2CCC(CC/C=C/C)CC2)cc1. The second kappa shape index (κ2) is 11.3. The minimum Gasteiger partial charge on any atom is -0.376 e. The third kappa shape index (κ3) is 6.65. The molecule has 0 aliphatic heterocycles. The lowest BCUT2D eigenvalue weighted by Gasteiger charge is -2.28. The van der Waals surface area contributed by atoms with E-state index in [0.717, 1.165) is 31.5 Å². The molecular weight excluding hydrogens is 292 g/mol. The van der Waals surface area contributed by atoms with Crippen LogP contribution in [0, 0.1) is 5.92 Å². The standard InChI is InChI=1S/C23H34O/c1-3-5-7-9-20-10-14-22(15-11-20)23-16-12-21(13-17-23)19-24-18-8-6-4-2/h3-6,12-13,16-17,20,22H,7-11,14-15,18-19H2,1-2H3/b5-3+,6-4+. The molecule has 24 heavy (non-hydrogen) atoms. The van der Waals surface area contributed by atoms with E-state index in [1.807, 2.05) is 0 Å². The Bertz CT molecular complexity index is 489. The molecule has 1 aliphatic carbocycles. The van der Waals surface area contributed by atoms with Gasteiger partial charge < -0.3 is 4.74 Å². The predicted molar refractivity (Wildman–Crippen MR) is 104 cm³/mol. The van der Waals surface area contributed by atoms with Gasteiger partial charge in [0, 0.05) is 0 Å². The summed E-state index contributed by atoms with van der Waals surface area (Å²) < 4.78 is 5.71. The van der Waals surface area contributed by atoms with Crippen molar-refractivity contribution >= 4 is 0 Å². The van der Waals surface area contributed by atoms with Crippen LogP contribution in [0.1, 0.15) is 75.8 Å². The van der Waals surface area contributed by atoms with Gasteiger partial charge in [0.15, 0.2) is 0 Å². The number of hydrogen-bond acceptors (Lipinski definition) is 1. The number of hydrogen-bond donors (Lipinski definition) is 0. The van der Waals surface area contributed by atoms with Gasteiger partial charge in [-0.05, 0) is 81.8 Å². The van der Waals surface area contributed by atoms with Gasteiger partial charge >= 0.3 is 0 Å². The Morgan fingerprint density at radius 2 is 1.58 bits per heavy atom. The average Bonchev–Trinajstić information content (AvgIpc) is 2.63. The van der Waals surface area contributed by atoms with E-state index in [-0.39, 0.29) is 0 Å². The summed E-state index contributed by atoms with van der Waals surface area (Å²) in [6.07, 6.45) is 17.9. The molecule has 1 aromatic rings. The van der Waals surface area contributed by atoms with Crippen molar-refractivity contribution in [3.8, 4) is 0 Å². The fraction of sp³-hybridized carbons (Fsp3) is 0.565. The van der Waals surface area contributed by atoms with Gasteiger partial charge in [0.1, 0.15) is 0 Å². The molecule has 0 radical (unpaired) electrons. The highest BCUT2D eigenvalue weighted by Crippen LogP contribution is 2.37. The van der Waals surface area contributed by atoms with E-state index in [0.29, 0.717) is 0 Å². The summed E-state index contributed by atoms with van der Waals surface area (Å²) in [6.45, 7) is 5.71. The molecule has 0 aromatic heterocycles. The maximum absolute atomic E-state index is 5.71. The summed E-state index contributed by atoms with van der Waals surface area (Å²) in [7, 11) is 0. The minimum atomic E-state index is 0.732. The second-order valence-electron chi connectivity index (χ2n) is 7.02. The Balaban J connectivity index is 1.71. The lowest BCUT2D eigenvalue weighted by molar-refractivity contribution is 0.125. The molecule has 2 rings (SSSR count). The topological polar surface area (TPSA) is 9.23 Å². The molecule has 1 fully saturated rings. The van der Waals surface area contributed by atoms with Crippen LogP contribution in [0.25, 0.3) is 0 Å². The molecule has 0 amide bonds. The van der Waals surface area contributed by atoms with Crippen LogP contribution in [0.3, 0.4) is 0 Å². The molecule has 1 aliphatic rings. The molecule has 0 spiro atoms. The lowest BCUT2D eigenvalue weighted by atomic mass is 9.77. The normalized spacial score (nSPS) is 21.8. The van der Waals surface area contributed by atoms with Crippen molar-refractivity contribution in [3.63, 3.8) is 0 Å². The van der Waals surface area contributed by atoms with Crippen molar-refractivity contribution in [2.45, 2.75) is 71.3 Å². The summed E-state index contributed by atoms with van der Waals surface area (Å²) in [5.74, 6) is 1.72. The Kier molecular flexibility index (Phi) is 8.91. The van der Waals surface area contributed by atoms with Crippen molar-refractivity contribution in [3.05, 3.63) is 59.7 Å². The van der Waals surface area contributed by atoms with Crippen LogP contribution in [0.5, 0.6) is 0 Å². The Labute approximate surface area is 148 Å². The molecule has 0 unspecified atom stereocenters. The fourth-order valence-corrected chi connectivity index (χ4v) is 3.68. The van der Waals surface area contributed by atoms with Crippen LogP contribution in [-0.2, 0) is 11.3 Å². The fourth-order valence-electron chi connectivity index (χ4n) is 3.68. The van der Waals surface area contributed by atoms with Crippen molar-refractivity contribution in [1.29, 1.82) is 0 Å². The first-order chi connectivity index (χ1) is 11.8. The molecule has 1 aromatic carbocycles. The molecule has 0 heterocycles. The third-order valence-corrected chi connectivity index (χ3v) is 5.21. The van der Waals surface area contributed by atoms with Gasteiger partial charge in [-0.3, -0.25) is 0 Å². The number of rotatable bonds is 9. The van der Waals surface area contributed by atoms with Crippen LogP contribution < -0.4 is 0 Å². The minimum absolute atomic E-state index is 0.732. The lowest BCUT2D eigenvalue weighted by Crippen LogP contribution is -2.13. The molecule has 0 bridgehead atoms. The Morgan fingerprint density at radius 1 is 0.917 bits per heavy atom. The van der Waals surface area contributed by atoms with E-state index in [1.54, 1.807) is 0 Å². The van der Waals surface area contributed by atoms with Crippen molar-refractivity contribution in [1.82, 2.24) is 0 Å². The molecule has 0 N–H and O–H groups in total. The molecule has 1 saturated carbocycles. The first kappa shape index (κ1) is 19.0. The van der Waals surface area contributed by atoms with E-state index < -0.39 is 0 Å². The van der Waals surface area contributed by atoms with Crippen molar-refractivity contribution < 1.29 is 4.74 Å². The van der Waals surface area contributed by atoms with Gasteiger partial charge in [-0.1, -0.05) is 48.6 Å². The van der Waals surface area contributed by atoms with Gasteiger partial charge in [0.2, 0.25) is 0 Å². The monoisotopic (exact) mass is 326 g/mol. The van der Waals surface area contributed by atoms with Crippen LogP contribution in [0.2, 0.25) is 0 Å². The van der Waals surface area contributed by atoms with Crippen LogP contribution in [-0.4, -0.2) is 6.61 Å². The molecule has 0 atom stereocenters.